The van der Waals surface area contributed by atoms with Crippen molar-refractivity contribution in [2.75, 3.05) is 18.2 Å². The van der Waals surface area contributed by atoms with E-state index in [9.17, 15) is 13.2 Å². The molecule has 170 valence electrons. The Morgan fingerprint density at radius 2 is 1.82 bits per heavy atom. The molecular weight excluding hydrogens is 592 g/mol. The molecule has 3 aromatic carbocycles. The Bertz CT molecular complexity index is 1390. The van der Waals surface area contributed by atoms with Crippen molar-refractivity contribution in [2.24, 2.45) is 0 Å². The van der Waals surface area contributed by atoms with Gasteiger partial charge in [-0.3, -0.25) is 4.79 Å². The number of carbonyl (C=O) groups excluding carboxylic acids is 1. The Balaban J connectivity index is 1.65. The van der Waals surface area contributed by atoms with E-state index in [0.29, 0.717) is 41.4 Å². The number of benzene rings is 3. The first-order valence-electron chi connectivity index (χ1n) is 9.62. The van der Waals surface area contributed by atoms with Crippen molar-refractivity contribution < 1.29 is 17.9 Å². The third kappa shape index (κ3) is 5.13. The van der Waals surface area contributed by atoms with E-state index >= 15 is 0 Å². The van der Waals surface area contributed by atoms with Crippen molar-refractivity contribution in [2.45, 2.75) is 15.5 Å². The summed E-state index contributed by atoms with van der Waals surface area (Å²) in [5.74, 6) is 0.114. The lowest BCUT2D eigenvalue weighted by Gasteiger charge is -2.20. The zero-order valence-corrected chi connectivity index (χ0v) is 22.1. The second kappa shape index (κ2) is 9.54. The first-order chi connectivity index (χ1) is 15.7. The first kappa shape index (κ1) is 23.9. The number of thioether (sulfide) groups is 1. The minimum Gasteiger partial charge on any atom is -0.495 e. The van der Waals surface area contributed by atoms with Crippen LogP contribution in [0.1, 0.15) is 11.1 Å². The van der Waals surface area contributed by atoms with E-state index < -0.39 is 9.84 Å². The Morgan fingerprint density at radius 3 is 2.48 bits per heavy atom. The lowest BCUT2D eigenvalue weighted by atomic mass is 10.1. The highest BCUT2D eigenvalue weighted by molar-refractivity contribution is 9.11. The predicted molar refractivity (Wildman–Crippen MR) is 139 cm³/mol. The lowest BCUT2D eigenvalue weighted by molar-refractivity contribution is -0.112. The van der Waals surface area contributed by atoms with E-state index in [1.807, 2.05) is 6.07 Å². The molecule has 6 nitrogen and oxygen atoms in total. The van der Waals surface area contributed by atoms with Crippen LogP contribution in [0.2, 0.25) is 0 Å². The van der Waals surface area contributed by atoms with Gasteiger partial charge in [-0.05, 0) is 59.7 Å². The number of carbonyl (C=O) groups is 1. The van der Waals surface area contributed by atoms with Crippen LogP contribution in [0.25, 0.3) is 6.08 Å². The number of rotatable bonds is 5. The third-order valence-corrected chi connectivity index (χ3v) is 9.16. The molecule has 0 unspecified atom stereocenters. The zero-order valence-electron chi connectivity index (χ0n) is 17.3. The van der Waals surface area contributed by atoms with Crippen LogP contribution in [-0.4, -0.2) is 21.4 Å². The maximum atomic E-state index is 13.1. The van der Waals surface area contributed by atoms with Crippen LogP contribution in [0.4, 0.5) is 11.4 Å². The summed E-state index contributed by atoms with van der Waals surface area (Å²) in [5, 5.41) is 2.82. The number of amides is 1. The number of nitrogens with one attached hydrogen (secondary N) is 1. The standard InChI is InChI=1S/C23H18Br2N2O4S2/c1-31-20-8-5-13(9-18(20)26)10-22-23(28)27-19-7-6-14(11-21(19)32-22)33(29,30)12-15-16(24)3-2-4-17(15)25/h2-11H,12,26H2,1H3,(H,27,28). The summed E-state index contributed by atoms with van der Waals surface area (Å²) in [6.07, 6.45) is 1.71. The first-order valence-corrected chi connectivity index (χ1v) is 13.7. The lowest BCUT2D eigenvalue weighted by Crippen LogP contribution is -2.17. The number of hydrogen-bond acceptors (Lipinski definition) is 6. The number of nitrogens with two attached hydrogens (primary N) is 1. The van der Waals surface area contributed by atoms with Gasteiger partial charge in [0, 0.05) is 13.8 Å². The second-order valence-corrected chi connectivity index (χ2v) is 12.0. The van der Waals surface area contributed by atoms with Gasteiger partial charge < -0.3 is 15.8 Å². The highest BCUT2D eigenvalue weighted by atomic mass is 79.9. The molecule has 0 radical (unpaired) electrons. The fourth-order valence-electron chi connectivity index (χ4n) is 3.27. The summed E-state index contributed by atoms with van der Waals surface area (Å²) in [6, 6.07) is 15.4. The van der Waals surface area contributed by atoms with E-state index in [0.717, 1.165) is 5.56 Å². The molecule has 0 fully saturated rings. The minimum atomic E-state index is -3.63. The van der Waals surface area contributed by atoms with Gasteiger partial charge in [-0.2, -0.15) is 0 Å². The van der Waals surface area contributed by atoms with Crippen LogP contribution >= 0.6 is 43.6 Å². The SMILES string of the molecule is COc1ccc(C=C2Sc3cc(S(=O)(=O)Cc4c(Br)cccc4Br)ccc3NC2=O)cc1N. The maximum Gasteiger partial charge on any atom is 0.262 e. The van der Waals surface area contributed by atoms with Crippen LogP contribution in [0, 0.1) is 0 Å². The molecule has 0 bridgehead atoms. The molecule has 3 aromatic rings. The summed E-state index contributed by atoms with van der Waals surface area (Å²) >= 11 is 8.06. The highest BCUT2D eigenvalue weighted by Gasteiger charge is 2.25. The van der Waals surface area contributed by atoms with E-state index in [2.05, 4.69) is 37.2 Å². The van der Waals surface area contributed by atoms with E-state index in [1.165, 1.54) is 24.9 Å². The van der Waals surface area contributed by atoms with Gasteiger partial charge in [-0.15, -0.1) is 0 Å². The van der Waals surface area contributed by atoms with Gasteiger partial charge in [0.25, 0.3) is 5.91 Å². The van der Waals surface area contributed by atoms with Crippen molar-refractivity contribution in [3.05, 3.63) is 79.6 Å². The number of halogens is 2. The summed E-state index contributed by atoms with van der Waals surface area (Å²) in [5.41, 5.74) is 8.37. The predicted octanol–water partition coefficient (Wildman–Crippen LogP) is 5.86. The largest absolute Gasteiger partial charge is 0.495 e. The van der Waals surface area contributed by atoms with Gasteiger partial charge in [-0.25, -0.2) is 8.42 Å². The van der Waals surface area contributed by atoms with Crippen molar-refractivity contribution in [3.8, 4) is 5.75 Å². The fourth-order valence-corrected chi connectivity index (χ4v) is 7.41. The number of fused-ring (bicyclic) bond motifs is 1. The van der Waals surface area contributed by atoms with Crippen LogP contribution in [0.5, 0.6) is 5.75 Å². The van der Waals surface area contributed by atoms with Crippen molar-refractivity contribution in [1.82, 2.24) is 0 Å². The molecule has 1 heterocycles. The molecule has 1 aliphatic heterocycles. The number of sulfone groups is 1. The topological polar surface area (TPSA) is 98.5 Å². The molecule has 4 rings (SSSR count). The summed E-state index contributed by atoms with van der Waals surface area (Å²) in [7, 11) is -2.10. The van der Waals surface area contributed by atoms with Crippen molar-refractivity contribution >= 4 is 76.8 Å². The quantitative estimate of drug-likeness (QED) is 0.278. The van der Waals surface area contributed by atoms with Crippen molar-refractivity contribution in [3.63, 3.8) is 0 Å². The Labute approximate surface area is 212 Å². The second-order valence-electron chi connectivity index (χ2n) is 7.18. The van der Waals surface area contributed by atoms with Gasteiger partial charge in [0.05, 0.1) is 34.0 Å². The summed E-state index contributed by atoms with van der Waals surface area (Å²) < 4.78 is 32.9. The monoisotopic (exact) mass is 608 g/mol. The molecule has 1 aliphatic rings. The number of anilines is 2. The molecule has 0 saturated heterocycles. The van der Waals surface area contributed by atoms with Crippen LogP contribution in [0.3, 0.4) is 0 Å². The maximum absolute atomic E-state index is 13.1. The molecule has 1 amide bonds. The van der Waals surface area contributed by atoms with Crippen molar-refractivity contribution in [1.29, 1.82) is 0 Å². The highest BCUT2D eigenvalue weighted by Crippen LogP contribution is 2.41. The van der Waals surface area contributed by atoms with E-state index in [1.54, 1.807) is 48.5 Å². The number of hydrogen-bond donors (Lipinski definition) is 2. The molecule has 10 heteroatoms. The number of methoxy groups -OCH3 is 1. The fraction of sp³-hybridized carbons (Fsp3) is 0.0870. The average molecular weight is 610 g/mol. The van der Waals surface area contributed by atoms with Crippen LogP contribution in [-0.2, 0) is 20.4 Å². The van der Waals surface area contributed by atoms with Gasteiger partial charge in [0.15, 0.2) is 9.84 Å². The zero-order chi connectivity index (χ0) is 23.8. The van der Waals surface area contributed by atoms with Gasteiger partial charge in [0.1, 0.15) is 5.75 Å². The minimum absolute atomic E-state index is 0.168. The Morgan fingerprint density at radius 1 is 1.09 bits per heavy atom. The Hall–Kier alpha value is -2.27. The number of nitrogen functional groups attached to an aromatic ring is 1. The van der Waals surface area contributed by atoms with Gasteiger partial charge in [0.2, 0.25) is 0 Å². The van der Waals surface area contributed by atoms with Crippen LogP contribution in [0.15, 0.2) is 78.2 Å². The van der Waals surface area contributed by atoms with E-state index in [4.69, 9.17) is 10.5 Å². The van der Waals surface area contributed by atoms with Gasteiger partial charge >= 0.3 is 0 Å². The van der Waals surface area contributed by atoms with Gasteiger partial charge in [-0.1, -0.05) is 55.8 Å². The molecule has 0 saturated carbocycles. The molecule has 3 N–H and O–H groups in total. The third-order valence-electron chi connectivity index (χ3n) is 4.95. The molecule has 0 spiro atoms. The van der Waals surface area contributed by atoms with E-state index in [-0.39, 0.29) is 16.6 Å². The smallest absolute Gasteiger partial charge is 0.262 e. The molecular formula is C23H18Br2N2O4S2. The molecule has 0 atom stereocenters. The normalized spacial score (nSPS) is 14.6. The van der Waals surface area contributed by atoms with Crippen LogP contribution < -0.4 is 15.8 Å². The molecule has 0 aromatic heterocycles. The summed E-state index contributed by atoms with van der Waals surface area (Å²) in [4.78, 5) is 13.8. The number of ether oxygens (including phenoxy) is 1. The average Bonchev–Trinajstić information content (AvgIpc) is 2.77. The summed E-state index contributed by atoms with van der Waals surface area (Å²) in [6.45, 7) is 0. The molecule has 0 aliphatic carbocycles. The molecule has 33 heavy (non-hydrogen) atoms. The Kier molecular flexibility index (Phi) is 6.90.